The van der Waals surface area contributed by atoms with Crippen molar-refractivity contribution in [2.75, 3.05) is 34.8 Å². The van der Waals surface area contributed by atoms with Gasteiger partial charge in [0.25, 0.3) is 11.5 Å². The maximum absolute atomic E-state index is 13.8. The van der Waals surface area contributed by atoms with E-state index in [1.165, 1.54) is 10.9 Å². The first-order valence-corrected chi connectivity index (χ1v) is 11.7. The summed E-state index contributed by atoms with van der Waals surface area (Å²) >= 11 is 0. The van der Waals surface area contributed by atoms with E-state index in [1.54, 1.807) is 37.1 Å². The minimum atomic E-state index is -1.06. The van der Waals surface area contributed by atoms with Gasteiger partial charge in [-0.05, 0) is 45.7 Å². The van der Waals surface area contributed by atoms with Gasteiger partial charge in [0.15, 0.2) is 0 Å². The molecule has 1 amide bonds. The molecule has 2 aromatic heterocycles. The third kappa shape index (κ3) is 3.87. The van der Waals surface area contributed by atoms with Gasteiger partial charge in [0, 0.05) is 31.9 Å². The lowest BCUT2D eigenvalue weighted by Crippen LogP contribution is -2.40. The summed E-state index contributed by atoms with van der Waals surface area (Å²) in [5.74, 6) is 0.955. The van der Waals surface area contributed by atoms with Crippen LogP contribution in [0, 0.1) is 0 Å². The maximum Gasteiger partial charge on any atom is 0.263 e. The SMILES string of the molecule is CCNc1ncc2c(n1)N1CCC[C@H]1CN(c1cccc3c(=O)n(CC(C)(C)O)cnc13)C2=O. The van der Waals surface area contributed by atoms with Crippen LogP contribution in [-0.4, -0.2) is 61.8 Å². The van der Waals surface area contributed by atoms with Crippen molar-refractivity contribution >= 4 is 34.3 Å². The number of rotatable bonds is 5. The molecule has 0 bridgehead atoms. The molecule has 2 aliphatic heterocycles. The van der Waals surface area contributed by atoms with Gasteiger partial charge in [-0.1, -0.05) is 6.07 Å². The summed E-state index contributed by atoms with van der Waals surface area (Å²) in [4.78, 5) is 44.4. The molecule has 0 saturated carbocycles. The average Bonchev–Trinajstić information content (AvgIpc) is 3.22. The Morgan fingerprint density at radius 2 is 2.06 bits per heavy atom. The van der Waals surface area contributed by atoms with Crippen LogP contribution in [0.25, 0.3) is 10.9 Å². The number of amides is 1. The second-order valence-electron chi connectivity index (χ2n) is 9.53. The largest absolute Gasteiger partial charge is 0.389 e. The number of aromatic nitrogens is 4. The summed E-state index contributed by atoms with van der Waals surface area (Å²) < 4.78 is 1.40. The fourth-order valence-corrected chi connectivity index (χ4v) is 4.86. The Morgan fingerprint density at radius 3 is 2.82 bits per heavy atom. The average molecular weight is 464 g/mol. The number of aliphatic hydroxyl groups is 1. The highest BCUT2D eigenvalue weighted by molar-refractivity contribution is 6.13. The van der Waals surface area contributed by atoms with Crippen molar-refractivity contribution in [3.05, 3.63) is 46.6 Å². The lowest BCUT2D eigenvalue weighted by atomic mass is 10.1. The van der Waals surface area contributed by atoms with E-state index in [1.807, 2.05) is 13.0 Å². The van der Waals surface area contributed by atoms with E-state index in [2.05, 4.69) is 25.2 Å². The number of carbonyl (C=O) groups excluding carboxylic acids is 1. The summed E-state index contributed by atoms with van der Waals surface area (Å²) in [6, 6.07) is 5.41. The zero-order chi connectivity index (χ0) is 24.0. The van der Waals surface area contributed by atoms with Gasteiger partial charge in [-0.2, -0.15) is 4.98 Å². The highest BCUT2D eigenvalue weighted by Gasteiger charge is 2.38. The standard InChI is InChI=1S/C24H29N7O3/c1-4-25-23-26-11-17-20(28-23)30-10-6-7-15(30)12-31(22(17)33)18-9-5-8-16-19(18)27-14-29(21(16)32)13-24(2,3)34/h5,8-9,11,14-15,34H,4,6-7,10,12-13H2,1-3H3,(H,25,26,28)/t15-/m0/s1. The first-order chi connectivity index (χ1) is 16.3. The molecule has 0 spiro atoms. The van der Waals surface area contributed by atoms with Crippen LogP contribution in [-0.2, 0) is 6.54 Å². The van der Waals surface area contributed by atoms with Gasteiger partial charge < -0.3 is 20.2 Å². The number of benzene rings is 1. The Kier molecular flexibility index (Phi) is 5.47. The van der Waals surface area contributed by atoms with Crippen LogP contribution in [0.1, 0.15) is 44.0 Å². The molecular weight excluding hydrogens is 434 g/mol. The van der Waals surface area contributed by atoms with E-state index in [-0.39, 0.29) is 24.1 Å². The molecule has 3 aromatic rings. The molecule has 10 heteroatoms. The van der Waals surface area contributed by atoms with E-state index >= 15 is 0 Å². The molecule has 4 heterocycles. The highest BCUT2D eigenvalue weighted by Crippen LogP contribution is 2.35. The summed E-state index contributed by atoms with van der Waals surface area (Å²) in [7, 11) is 0. The molecule has 1 aromatic carbocycles. The van der Waals surface area contributed by atoms with Gasteiger partial charge in [0.05, 0.1) is 29.5 Å². The fraction of sp³-hybridized carbons (Fsp3) is 0.458. The Labute approximate surface area is 197 Å². The highest BCUT2D eigenvalue weighted by atomic mass is 16.3. The predicted octanol–water partition coefficient (Wildman–Crippen LogP) is 2.02. The lowest BCUT2D eigenvalue weighted by Gasteiger charge is -2.27. The number of carbonyl (C=O) groups is 1. The summed E-state index contributed by atoms with van der Waals surface area (Å²) in [5, 5.41) is 13.7. The summed E-state index contributed by atoms with van der Waals surface area (Å²) in [6.45, 7) is 7.38. The molecule has 1 fully saturated rings. The lowest BCUT2D eigenvalue weighted by molar-refractivity contribution is 0.0603. The topological polar surface area (TPSA) is 116 Å². The first-order valence-electron chi connectivity index (χ1n) is 11.7. The Morgan fingerprint density at radius 1 is 1.24 bits per heavy atom. The van der Waals surface area contributed by atoms with Crippen LogP contribution in [0.2, 0.25) is 0 Å². The van der Waals surface area contributed by atoms with Crippen LogP contribution < -0.4 is 20.7 Å². The van der Waals surface area contributed by atoms with Gasteiger partial charge in [0.2, 0.25) is 5.95 Å². The fourth-order valence-electron chi connectivity index (χ4n) is 4.86. The van der Waals surface area contributed by atoms with Crippen molar-refractivity contribution < 1.29 is 9.90 Å². The quantitative estimate of drug-likeness (QED) is 0.590. The number of nitrogens with one attached hydrogen (secondary N) is 1. The van der Waals surface area contributed by atoms with Crippen molar-refractivity contribution in [1.82, 2.24) is 19.5 Å². The van der Waals surface area contributed by atoms with Gasteiger partial charge in [0.1, 0.15) is 16.9 Å². The van der Waals surface area contributed by atoms with Gasteiger partial charge in [-0.3, -0.25) is 14.2 Å². The monoisotopic (exact) mass is 463 g/mol. The molecule has 2 N–H and O–H groups in total. The smallest absolute Gasteiger partial charge is 0.263 e. The molecule has 0 unspecified atom stereocenters. The van der Waals surface area contributed by atoms with Crippen LogP contribution in [0.3, 0.4) is 0 Å². The molecule has 0 aliphatic carbocycles. The Bertz CT molecular complexity index is 1310. The van der Waals surface area contributed by atoms with Crippen LogP contribution in [0.15, 0.2) is 35.5 Å². The maximum atomic E-state index is 13.8. The molecule has 34 heavy (non-hydrogen) atoms. The van der Waals surface area contributed by atoms with Crippen LogP contribution in [0.4, 0.5) is 17.5 Å². The summed E-state index contributed by atoms with van der Waals surface area (Å²) in [6.07, 6.45) is 4.99. The van der Waals surface area contributed by atoms with E-state index < -0.39 is 5.60 Å². The number of hydrogen-bond donors (Lipinski definition) is 2. The van der Waals surface area contributed by atoms with Crippen LogP contribution >= 0.6 is 0 Å². The third-order valence-corrected chi connectivity index (χ3v) is 6.30. The molecular formula is C24H29N7O3. The van der Waals surface area contributed by atoms with Crippen LogP contribution in [0.5, 0.6) is 0 Å². The zero-order valence-electron chi connectivity index (χ0n) is 19.7. The predicted molar refractivity (Wildman–Crippen MR) is 131 cm³/mol. The Hall–Kier alpha value is -3.53. The Balaban J connectivity index is 1.62. The van der Waals surface area contributed by atoms with Crippen molar-refractivity contribution in [2.45, 2.75) is 51.8 Å². The number of para-hydroxylation sites is 1. The molecule has 2 aliphatic rings. The number of anilines is 3. The number of fused-ring (bicyclic) bond motifs is 4. The van der Waals surface area contributed by atoms with E-state index in [4.69, 9.17) is 0 Å². The first kappa shape index (κ1) is 22.3. The zero-order valence-corrected chi connectivity index (χ0v) is 19.7. The van der Waals surface area contributed by atoms with Gasteiger partial charge in [-0.25, -0.2) is 9.97 Å². The van der Waals surface area contributed by atoms with Crippen molar-refractivity contribution in [3.63, 3.8) is 0 Å². The number of nitrogens with zero attached hydrogens (tertiary/aromatic N) is 6. The third-order valence-electron chi connectivity index (χ3n) is 6.30. The molecule has 0 radical (unpaired) electrons. The van der Waals surface area contributed by atoms with Gasteiger partial charge >= 0.3 is 0 Å². The molecule has 178 valence electrons. The molecule has 1 atom stereocenters. The summed E-state index contributed by atoms with van der Waals surface area (Å²) in [5.41, 5.74) is 0.186. The van der Waals surface area contributed by atoms with E-state index in [9.17, 15) is 14.7 Å². The van der Waals surface area contributed by atoms with Crippen molar-refractivity contribution in [1.29, 1.82) is 0 Å². The van der Waals surface area contributed by atoms with E-state index in [0.29, 0.717) is 47.0 Å². The molecule has 1 saturated heterocycles. The van der Waals surface area contributed by atoms with E-state index in [0.717, 1.165) is 19.4 Å². The van der Waals surface area contributed by atoms with Crippen molar-refractivity contribution in [2.24, 2.45) is 0 Å². The molecule has 5 rings (SSSR count). The minimum absolute atomic E-state index is 0.111. The normalized spacial score (nSPS) is 18.1. The second-order valence-corrected chi connectivity index (χ2v) is 9.53. The minimum Gasteiger partial charge on any atom is -0.389 e. The van der Waals surface area contributed by atoms with Gasteiger partial charge in [-0.15, -0.1) is 0 Å². The number of hydrogen-bond acceptors (Lipinski definition) is 8. The molecule has 10 nitrogen and oxygen atoms in total. The van der Waals surface area contributed by atoms with Crippen molar-refractivity contribution in [3.8, 4) is 0 Å². The second kappa shape index (κ2) is 8.35.